The van der Waals surface area contributed by atoms with E-state index in [2.05, 4.69) is 27.2 Å². The van der Waals surface area contributed by atoms with Crippen molar-refractivity contribution in [3.63, 3.8) is 0 Å². The van der Waals surface area contributed by atoms with Crippen LogP contribution in [0.4, 0.5) is 5.82 Å². The molecule has 0 saturated heterocycles. The number of aromatic amines is 1. The van der Waals surface area contributed by atoms with Gasteiger partial charge in [0.15, 0.2) is 5.65 Å². The van der Waals surface area contributed by atoms with Gasteiger partial charge in [-0.1, -0.05) is 13.3 Å². The van der Waals surface area contributed by atoms with E-state index in [4.69, 9.17) is 5.73 Å². The van der Waals surface area contributed by atoms with E-state index in [1.165, 1.54) is 0 Å². The van der Waals surface area contributed by atoms with Gasteiger partial charge in [0, 0.05) is 12.4 Å². The molecule has 92 valence electrons. The molecule has 6 nitrogen and oxygen atoms in total. The highest BCUT2D eigenvalue weighted by atomic mass is 15.4. The molecule has 3 aromatic rings. The fourth-order valence-corrected chi connectivity index (χ4v) is 2.08. The number of nitrogens with zero attached hydrogens (tertiary/aromatic N) is 4. The van der Waals surface area contributed by atoms with Gasteiger partial charge in [-0.2, -0.15) is 10.2 Å². The quantitative estimate of drug-likeness (QED) is 0.731. The second-order valence-corrected chi connectivity index (χ2v) is 4.15. The lowest BCUT2D eigenvalue weighted by Crippen LogP contribution is -1.98. The summed E-state index contributed by atoms with van der Waals surface area (Å²) < 4.78 is 1.80. The fourth-order valence-electron chi connectivity index (χ4n) is 2.08. The van der Waals surface area contributed by atoms with E-state index >= 15 is 0 Å². The van der Waals surface area contributed by atoms with Gasteiger partial charge in [0.25, 0.3) is 0 Å². The minimum atomic E-state index is 0.578. The van der Waals surface area contributed by atoms with E-state index < -0.39 is 0 Å². The molecule has 0 saturated carbocycles. The largest absolute Gasteiger partial charge is 0.383 e. The second kappa shape index (κ2) is 4.14. The molecule has 3 N–H and O–H groups in total. The Morgan fingerprint density at radius 1 is 1.33 bits per heavy atom. The average molecular weight is 242 g/mol. The Morgan fingerprint density at radius 3 is 2.83 bits per heavy atom. The lowest BCUT2D eigenvalue weighted by atomic mass is 10.2. The molecule has 0 bridgehead atoms. The van der Waals surface area contributed by atoms with Crippen LogP contribution in [0.25, 0.3) is 16.7 Å². The number of fused-ring (bicyclic) bond motifs is 1. The van der Waals surface area contributed by atoms with Crippen LogP contribution in [0.2, 0.25) is 0 Å². The summed E-state index contributed by atoms with van der Waals surface area (Å²) in [6.07, 6.45) is 5.38. The molecule has 0 aliphatic carbocycles. The number of H-pyrrole nitrogens is 1. The molecule has 6 heteroatoms. The highest BCUT2D eigenvalue weighted by Crippen LogP contribution is 2.25. The average Bonchev–Trinajstić information content (AvgIpc) is 2.94. The smallest absolute Gasteiger partial charge is 0.186 e. The van der Waals surface area contributed by atoms with Gasteiger partial charge in [-0.3, -0.25) is 10.1 Å². The lowest BCUT2D eigenvalue weighted by molar-refractivity contribution is 0.809. The van der Waals surface area contributed by atoms with Crippen molar-refractivity contribution in [3.8, 4) is 5.69 Å². The Morgan fingerprint density at radius 2 is 2.11 bits per heavy atom. The maximum Gasteiger partial charge on any atom is 0.186 e. The molecule has 3 rings (SSSR count). The van der Waals surface area contributed by atoms with Crippen LogP contribution in [-0.2, 0) is 6.42 Å². The Bertz CT molecular complexity index is 667. The number of aryl methyl sites for hydroxylation is 1. The molecule has 0 fully saturated rings. The van der Waals surface area contributed by atoms with Crippen LogP contribution in [0.3, 0.4) is 0 Å². The van der Waals surface area contributed by atoms with Gasteiger partial charge in [-0.15, -0.1) is 0 Å². The minimum absolute atomic E-state index is 0.578. The molecule has 0 radical (unpaired) electrons. The maximum absolute atomic E-state index is 5.91. The molecule has 0 unspecified atom stereocenters. The summed E-state index contributed by atoms with van der Waals surface area (Å²) in [5, 5.41) is 12.6. The molecule has 0 amide bonds. The minimum Gasteiger partial charge on any atom is -0.383 e. The summed E-state index contributed by atoms with van der Waals surface area (Å²) in [5.74, 6) is 0.578. The molecule has 0 aromatic carbocycles. The molecule has 18 heavy (non-hydrogen) atoms. The van der Waals surface area contributed by atoms with Crippen LogP contribution in [0.5, 0.6) is 0 Å². The van der Waals surface area contributed by atoms with Crippen molar-refractivity contribution in [2.24, 2.45) is 0 Å². The van der Waals surface area contributed by atoms with Gasteiger partial charge < -0.3 is 5.73 Å². The van der Waals surface area contributed by atoms with Gasteiger partial charge in [0.1, 0.15) is 5.82 Å². The van der Waals surface area contributed by atoms with Crippen molar-refractivity contribution in [1.29, 1.82) is 0 Å². The van der Waals surface area contributed by atoms with Crippen LogP contribution in [-0.4, -0.2) is 25.0 Å². The van der Waals surface area contributed by atoms with Crippen molar-refractivity contribution >= 4 is 16.9 Å². The van der Waals surface area contributed by atoms with Gasteiger partial charge in [-0.05, 0) is 18.6 Å². The van der Waals surface area contributed by atoms with E-state index in [1.54, 1.807) is 17.1 Å². The third-order valence-electron chi connectivity index (χ3n) is 2.88. The molecular formula is C12H14N6. The Balaban J connectivity index is 2.24. The first-order chi connectivity index (χ1) is 8.81. The third kappa shape index (κ3) is 1.54. The monoisotopic (exact) mass is 242 g/mol. The highest BCUT2D eigenvalue weighted by molar-refractivity contribution is 5.89. The molecule has 0 aliphatic heterocycles. The predicted molar refractivity (Wildman–Crippen MR) is 69.4 cm³/mol. The third-order valence-corrected chi connectivity index (χ3v) is 2.88. The van der Waals surface area contributed by atoms with E-state index in [0.717, 1.165) is 35.3 Å². The summed E-state index contributed by atoms with van der Waals surface area (Å²) >= 11 is 0. The second-order valence-electron chi connectivity index (χ2n) is 4.15. The first-order valence-electron chi connectivity index (χ1n) is 5.93. The number of nitrogens with one attached hydrogen (secondary N) is 1. The van der Waals surface area contributed by atoms with Crippen LogP contribution in [0.1, 0.15) is 19.0 Å². The zero-order valence-corrected chi connectivity index (χ0v) is 10.1. The number of pyridine rings is 1. The van der Waals surface area contributed by atoms with Crippen LogP contribution >= 0.6 is 0 Å². The molecular weight excluding hydrogens is 228 g/mol. The predicted octanol–water partition coefficient (Wildman–Crippen LogP) is 1.68. The Hall–Kier alpha value is -2.37. The summed E-state index contributed by atoms with van der Waals surface area (Å²) in [6, 6.07) is 3.79. The van der Waals surface area contributed by atoms with Gasteiger partial charge in [-0.25, -0.2) is 4.68 Å². The number of hydrogen-bond donors (Lipinski definition) is 2. The Labute approximate surface area is 104 Å². The van der Waals surface area contributed by atoms with Gasteiger partial charge in [0.05, 0.1) is 16.8 Å². The first kappa shape index (κ1) is 10.8. The SMILES string of the molecule is CCCc1nn(-c2ccncc2)c2n[nH]c(N)c12. The molecule has 3 heterocycles. The van der Waals surface area contributed by atoms with Crippen LogP contribution < -0.4 is 5.73 Å². The van der Waals surface area contributed by atoms with E-state index in [0.29, 0.717) is 5.82 Å². The van der Waals surface area contributed by atoms with E-state index in [1.807, 2.05) is 12.1 Å². The number of aromatic nitrogens is 5. The number of nitrogens with two attached hydrogens (primary N) is 1. The molecule has 0 atom stereocenters. The summed E-state index contributed by atoms with van der Waals surface area (Å²) in [7, 11) is 0. The lowest BCUT2D eigenvalue weighted by Gasteiger charge is -1.99. The summed E-state index contributed by atoms with van der Waals surface area (Å²) in [4.78, 5) is 4.01. The Kier molecular flexibility index (Phi) is 2.47. The van der Waals surface area contributed by atoms with Crippen molar-refractivity contribution in [3.05, 3.63) is 30.2 Å². The van der Waals surface area contributed by atoms with E-state index in [-0.39, 0.29) is 0 Å². The number of nitrogen functional groups attached to an aromatic ring is 1. The summed E-state index contributed by atoms with van der Waals surface area (Å²) in [6.45, 7) is 2.12. The van der Waals surface area contributed by atoms with Crippen molar-refractivity contribution in [2.45, 2.75) is 19.8 Å². The number of hydrogen-bond acceptors (Lipinski definition) is 4. The zero-order valence-electron chi connectivity index (χ0n) is 10.1. The van der Waals surface area contributed by atoms with Crippen LogP contribution in [0.15, 0.2) is 24.5 Å². The fraction of sp³-hybridized carbons (Fsp3) is 0.250. The number of anilines is 1. The van der Waals surface area contributed by atoms with Gasteiger partial charge >= 0.3 is 0 Å². The molecule has 3 aromatic heterocycles. The summed E-state index contributed by atoms with van der Waals surface area (Å²) in [5.41, 5.74) is 8.60. The normalized spacial score (nSPS) is 11.2. The molecule has 0 spiro atoms. The molecule has 0 aliphatic rings. The maximum atomic E-state index is 5.91. The van der Waals surface area contributed by atoms with Crippen LogP contribution in [0, 0.1) is 0 Å². The highest BCUT2D eigenvalue weighted by Gasteiger charge is 2.16. The van der Waals surface area contributed by atoms with Crippen molar-refractivity contribution < 1.29 is 0 Å². The van der Waals surface area contributed by atoms with Crippen molar-refractivity contribution in [2.75, 3.05) is 5.73 Å². The standard InChI is InChI=1S/C12H14N6/c1-2-3-9-10-11(13)15-16-12(10)18(17-9)8-4-6-14-7-5-8/h4-7H,2-3H2,1H3,(H3,13,15,16). The zero-order chi connectivity index (χ0) is 12.5. The van der Waals surface area contributed by atoms with Gasteiger partial charge in [0.2, 0.25) is 0 Å². The first-order valence-corrected chi connectivity index (χ1v) is 5.93. The number of rotatable bonds is 3. The van der Waals surface area contributed by atoms with Crippen molar-refractivity contribution in [1.82, 2.24) is 25.0 Å². The topological polar surface area (TPSA) is 85.4 Å². The van der Waals surface area contributed by atoms with E-state index in [9.17, 15) is 0 Å².